The van der Waals surface area contributed by atoms with E-state index in [9.17, 15) is 0 Å². The van der Waals surface area contributed by atoms with Crippen LogP contribution >= 0.6 is 0 Å². The van der Waals surface area contributed by atoms with E-state index in [1.54, 1.807) is 0 Å². The average Bonchev–Trinajstić information content (AvgIpc) is 2.30. The van der Waals surface area contributed by atoms with Crippen molar-refractivity contribution in [2.45, 2.75) is 105 Å². The molecule has 0 aromatic heterocycles. The van der Waals surface area contributed by atoms with E-state index in [4.69, 9.17) is 0 Å². The molecule has 0 N–H and O–H groups in total. The predicted molar refractivity (Wildman–Crippen MR) is 112 cm³/mol. The molecule has 1 aliphatic heterocycles. The van der Waals surface area contributed by atoms with Crippen LogP contribution in [0.5, 0.6) is 0 Å². The molecule has 3 nitrogen and oxygen atoms in total. The molecule has 1 aliphatic rings. The number of rotatable bonds is 7. The van der Waals surface area contributed by atoms with Gasteiger partial charge in [-0.25, -0.2) is 0 Å². The summed E-state index contributed by atoms with van der Waals surface area (Å²) < 4.78 is 9.10. The summed E-state index contributed by atoms with van der Waals surface area (Å²) in [5.41, 5.74) is 0.708. The Morgan fingerprint density at radius 1 is 0.783 bits per heavy atom. The van der Waals surface area contributed by atoms with Crippen molar-refractivity contribution < 1.29 is 0 Å². The summed E-state index contributed by atoms with van der Waals surface area (Å²) in [6.45, 7) is 31.2. The van der Waals surface area contributed by atoms with E-state index in [-0.39, 0.29) is 0 Å². The molecule has 23 heavy (non-hydrogen) atoms. The summed E-state index contributed by atoms with van der Waals surface area (Å²) in [4.78, 5) is 0. The van der Waals surface area contributed by atoms with Crippen LogP contribution in [0.4, 0.5) is 0 Å². The van der Waals surface area contributed by atoms with Crippen molar-refractivity contribution in [3.63, 3.8) is 0 Å². The summed E-state index contributed by atoms with van der Waals surface area (Å²) in [5, 5.41) is 0. The zero-order valence-corrected chi connectivity index (χ0v) is 22.8. The molecular formula is C17H42N3Si2Sn. The Hall–Kier alpha value is 1.11. The first-order valence-electron chi connectivity index (χ1n) is 9.32. The second kappa shape index (κ2) is 7.02. The second-order valence-corrected chi connectivity index (χ2v) is 29.0. The summed E-state index contributed by atoms with van der Waals surface area (Å²) in [5.74, 6) is 0. The van der Waals surface area contributed by atoms with Crippen LogP contribution < -0.4 is 0 Å². The molecule has 6 heteroatoms. The monoisotopic (exact) mass is 464 g/mol. The normalized spacial score (nSPS) is 20.2. The Kier molecular flexibility index (Phi) is 6.77. The van der Waals surface area contributed by atoms with Crippen LogP contribution in [0.3, 0.4) is 0 Å². The van der Waals surface area contributed by atoms with Crippen LogP contribution in [-0.2, 0) is 0 Å². The van der Waals surface area contributed by atoms with Crippen molar-refractivity contribution in [1.82, 2.24) is 8.70 Å². The molecule has 0 unspecified atom stereocenters. The first-order chi connectivity index (χ1) is 10.1. The van der Waals surface area contributed by atoms with E-state index >= 15 is 0 Å². The van der Waals surface area contributed by atoms with Gasteiger partial charge in [0.1, 0.15) is 0 Å². The first kappa shape index (κ1) is 22.2. The van der Waals surface area contributed by atoms with E-state index in [0.717, 1.165) is 0 Å². The van der Waals surface area contributed by atoms with Gasteiger partial charge in [-0.05, 0) is 0 Å². The van der Waals surface area contributed by atoms with Crippen molar-refractivity contribution in [3.8, 4) is 0 Å². The summed E-state index contributed by atoms with van der Waals surface area (Å²) >= 11 is -1.98. The van der Waals surface area contributed by atoms with E-state index in [0.29, 0.717) is 11.1 Å². The van der Waals surface area contributed by atoms with Crippen molar-refractivity contribution in [3.05, 3.63) is 0 Å². The maximum absolute atomic E-state index is 3.18. The van der Waals surface area contributed by atoms with Crippen LogP contribution in [0, 0.1) is 0 Å². The number of hydrogen-bond donors (Lipinski definition) is 0. The van der Waals surface area contributed by atoms with Crippen LogP contribution in [0.1, 0.15) is 54.4 Å². The van der Waals surface area contributed by atoms with Gasteiger partial charge in [0.15, 0.2) is 0 Å². The SMILES string of the molecule is CCC(C)(C)[N]1C[N](C(C)(C)CC)[Sn]1[N]([Si](C)(C)C)[Si](C)(C)C. The molecule has 0 spiro atoms. The Bertz CT molecular complexity index is 377. The zero-order chi connectivity index (χ0) is 18.4. The van der Waals surface area contributed by atoms with Gasteiger partial charge in [-0.2, -0.15) is 0 Å². The number of hydrogen-bond acceptors (Lipinski definition) is 3. The minimum atomic E-state index is -1.98. The van der Waals surface area contributed by atoms with Gasteiger partial charge in [0.2, 0.25) is 0 Å². The molecule has 0 amide bonds. The fourth-order valence-corrected chi connectivity index (χ4v) is 33.3. The van der Waals surface area contributed by atoms with Crippen molar-refractivity contribution in [1.29, 1.82) is 0 Å². The van der Waals surface area contributed by atoms with Crippen LogP contribution in [0.2, 0.25) is 39.3 Å². The summed E-state index contributed by atoms with van der Waals surface area (Å²) in [6, 6.07) is 0. The Morgan fingerprint density at radius 2 is 1.09 bits per heavy atom. The van der Waals surface area contributed by atoms with Crippen LogP contribution in [0.15, 0.2) is 0 Å². The van der Waals surface area contributed by atoms with E-state index in [2.05, 4.69) is 89.5 Å². The zero-order valence-electron chi connectivity index (χ0n) is 18.0. The second-order valence-electron chi connectivity index (χ2n) is 10.3. The van der Waals surface area contributed by atoms with Crippen LogP contribution in [0.25, 0.3) is 0 Å². The van der Waals surface area contributed by atoms with Crippen molar-refractivity contribution in [2.75, 3.05) is 6.67 Å². The summed E-state index contributed by atoms with van der Waals surface area (Å²) in [6.07, 6.45) is 2.51. The van der Waals surface area contributed by atoms with E-state index in [1.165, 1.54) is 19.5 Å². The number of nitrogens with zero attached hydrogens (tertiary/aromatic N) is 3. The molecule has 0 aromatic rings. The summed E-state index contributed by atoms with van der Waals surface area (Å²) in [7, 11) is -2.64. The van der Waals surface area contributed by atoms with Gasteiger partial charge in [0.05, 0.1) is 0 Å². The fraction of sp³-hybridized carbons (Fsp3) is 1.00. The van der Waals surface area contributed by atoms with Gasteiger partial charge in [-0.15, -0.1) is 0 Å². The van der Waals surface area contributed by atoms with Gasteiger partial charge < -0.3 is 0 Å². The maximum atomic E-state index is 3.18. The molecule has 0 atom stereocenters. The molecule has 1 heterocycles. The third-order valence-corrected chi connectivity index (χ3v) is 34.5. The van der Waals surface area contributed by atoms with E-state index in [1.807, 2.05) is 0 Å². The molecule has 0 aliphatic carbocycles. The third-order valence-electron chi connectivity index (χ3n) is 5.50. The third kappa shape index (κ3) is 4.64. The molecule has 1 saturated heterocycles. The van der Waals surface area contributed by atoms with Gasteiger partial charge in [-0.3, -0.25) is 0 Å². The van der Waals surface area contributed by atoms with Crippen LogP contribution in [-0.4, -0.2) is 63.5 Å². The van der Waals surface area contributed by atoms with Gasteiger partial charge in [0.25, 0.3) is 0 Å². The van der Waals surface area contributed by atoms with Crippen molar-refractivity contribution >= 4 is 37.1 Å². The van der Waals surface area contributed by atoms with Gasteiger partial charge in [-0.1, -0.05) is 0 Å². The molecule has 0 saturated carbocycles. The molecule has 0 aromatic carbocycles. The van der Waals surface area contributed by atoms with Crippen molar-refractivity contribution in [2.24, 2.45) is 0 Å². The standard InChI is InChI=1S/C11H24N2.C6H18NSi2.Sn/c1-7-10(3,4)12-9-13-11(5,6)8-2;1-8(2,3)7-9(4,5)6;/h7-9H2,1-6H3;1-6H3;/q-2;-1;+3. The Balaban J connectivity index is 3.33. The van der Waals surface area contributed by atoms with Gasteiger partial charge in [0, 0.05) is 0 Å². The molecule has 1 rings (SSSR count). The molecular weight excluding hydrogens is 421 g/mol. The molecule has 0 bridgehead atoms. The average molecular weight is 463 g/mol. The molecule has 137 valence electrons. The molecule has 1 fully saturated rings. The molecule has 1 radical (unpaired) electrons. The van der Waals surface area contributed by atoms with E-state index < -0.39 is 37.1 Å². The quantitative estimate of drug-likeness (QED) is 0.498. The van der Waals surface area contributed by atoms with Gasteiger partial charge >= 0.3 is 157 Å². The minimum absolute atomic E-state index is 0.354. The Labute approximate surface area is 156 Å². The Morgan fingerprint density at radius 3 is 1.30 bits per heavy atom. The predicted octanol–water partition coefficient (Wildman–Crippen LogP) is 4.90. The topological polar surface area (TPSA) is 9.72 Å². The first-order valence-corrected chi connectivity index (χ1v) is 20.0. The fourth-order valence-electron chi connectivity index (χ4n) is 3.49.